The van der Waals surface area contributed by atoms with E-state index in [-0.39, 0.29) is 23.6 Å². The first-order valence-electron chi connectivity index (χ1n) is 6.51. The van der Waals surface area contributed by atoms with Gasteiger partial charge >= 0.3 is 0 Å². The molecule has 1 amide bonds. The van der Waals surface area contributed by atoms with E-state index in [2.05, 4.69) is 15.9 Å². The number of nitrogen functional groups attached to an aromatic ring is 1. The lowest BCUT2D eigenvalue weighted by Gasteiger charge is -2.21. The molecule has 1 aliphatic rings. The van der Waals surface area contributed by atoms with Crippen LogP contribution < -0.4 is 11.2 Å². The van der Waals surface area contributed by atoms with E-state index in [4.69, 9.17) is 5.73 Å². The Labute approximate surface area is 120 Å². The highest BCUT2D eigenvalue weighted by Gasteiger charge is 2.16. The Morgan fingerprint density at radius 1 is 1.21 bits per heavy atom. The summed E-state index contributed by atoms with van der Waals surface area (Å²) in [6.07, 6.45) is 7.65. The van der Waals surface area contributed by atoms with Gasteiger partial charge in [0.1, 0.15) is 6.54 Å². The highest BCUT2D eigenvalue weighted by molar-refractivity contribution is 9.10. The Morgan fingerprint density at radius 2 is 1.84 bits per heavy atom. The predicted octanol–water partition coefficient (Wildman–Crippen LogP) is 1.60. The van der Waals surface area contributed by atoms with Gasteiger partial charge in [-0.25, -0.2) is 0 Å². The number of hydrogen-bond donors (Lipinski definition) is 1. The van der Waals surface area contributed by atoms with Crippen LogP contribution in [0.1, 0.15) is 25.7 Å². The minimum Gasteiger partial charge on any atom is -0.394 e. The third kappa shape index (κ3) is 3.59. The van der Waals surface area contributed by atoms with Gasteiger partial charge in [-0.05, 0) is 28.8 Å². The first-order valence-corrected chi connectivity index (χ1v) is 7.30. The van der Waals surface area contributed by atoms with Crippen molar-refractivity contribution in [1.29, 1.82) is 0 Å². The maximum absolute atomic E-state index is 12.2. The molecule has 1 aromatic heterocycles. The predicted molar refractivity (Wildman–Crippen MR) is 77.9 cm³/mol. The minimum atomic E-state index is -0.238. The number of carbonyl (C=O) groups excluding carboxylic acids is 1. The molecule has 6 heteroatoms. The molecular weight excluding hydrogens is 310 g/mol. The molecular formula is C13H18BrN3O2. The van der Waals surface area contributed by atoms with Crippen LogP contribution in [0.4, 0.5) is 5.69 Å². The third-order valence-electron chi connectivity index (χ3n) is 3.34. The van der Waals surface area contributed by atoms with Crippen molar-refractivity contribution in [2.75, 3.05) is 18.8 Å². The van der Waals surface area contributed by atoms with Gasteiger partial charge in [0.05, 0.1) is 10.2 Å². The maximum atomic E-state index is 12.2. The molecule has 1 fully saturated rings. The summed E-state index contributed by atoms with van der Waals surface area (Å²) in [5.74, 6) is 0.0804. The van der Waals surface area contributed by atoms with E-state index in [1.807, 2.05) is 4.90 Å². The zero-order valence-electron chi connectivity index (χ0n) is 10.8. The minimum absolute atomic E-state index is 0.0804. The van der Waals surface area contributed by atoms with Crippen molar-refractivity contribution in [3.8, 4) is 0 Å². The fraction of sp³-hybridized carbons (Fsp3) is 0.538. The van der Waals surface area contributed by atoms with Gasteiger partial charge in [-0.1, -0.05) is 12.8 Å². The molecule has 1 aliphatic heterocycles. The number of nitrogens with two attached hydrogens (primary N) is 1. The van der Waals surface area contributed by atoms with Crippen molar-refractivity contribution in [2.24, 2.45) is 0 Å². The Morgan fingerprint density at radius 3 is 2.42 bits per heavy atom. The van der Waals surface area contributed by atoms with Crippen LogP contribution in [-0.4, -0.2) is 28.5 Å². The van der Waals surface area contributed by atoms with Crippen LogP contribution in [0, 0.1) is 0 Å². The van der Waals surface area contributed by atoms with Crippen molar-refractivity contribution in [1.82, 2.24) is 9.47 Å². The molecule has 0 saturated carbocycles. The lowest BCUT2D eigenvalue weighted by atomic mass is 10.2. The molecule has 2 N–H and O–H groups in total. The molecule has 0 aliphatic carbocycles. The van der Waals surface area contributed by atoms with Gasteiger partial charge in [-0.15, -0.1) is 0 Å². The van der Waals surface area contributed by atoms with E-state index >= 15 is 0 Å². The van der Waals surface area contributed by atoms with Gasteiger partial charge in [0.15, 0.2) is 0 Å². The second kappa shape index (κ2) is 6.23. The van der Waals surface area contributed by atoms with Crippen LogP contribution >= 0.6 is 15.9 Å². The molecule has 5 nitrogen and oxygen atoms in total. The number of pyridine rings is 1. The zero-order valence-corrected chi connectivity index (χ0v) is 12.4. The van der Waals surface area contributed by atoms with Crippen LogP contribution in [0.3, 0.4) is 0 Å². The SMILES string of the molecule is Nc1cn(CC(=O)N2CCCCCC2)cc(Br)c1=O. The number of anilines is 1. The van der Waals surface area contributed by atoms with Crippen LogP contribution in [0.5, 0.6) is 0 Å². The van der Waals surface area contributed by atoms with Gasteiger partial charge in [-0.2, -0.15) is 0 Å². The van der Waals surface area contributed by atoms with Crippen molar-refractivity contribution in [2.45, 2.75) is 32.2 Å². The lowest BCUT2D eigenvalue weighted by molar-refractivity contribution is -0.131. The van der Waals surface area contributed by atoms with E-state index in [0.29, 0.717) is 4.47 Å². The molecule has 0 aromatic carbocycles. The summed E-state index contributed by atoms with van der Waals surface area (Å²) in [6.45, 7) is 1.88. The smallest absolute Gasteiger partial charge is 0.242 e. The van der Waals surface area contributed by atoms with Crippen molar-refractivity contribution >= 4 is 27.5 Å². The van der Waals surface area contributed by atoms with Crippen molar-refractivity contribution in [3.05, 3.63) is 27.1 Å². The molecule has 0 spiro atoms. The van der Waals surface area contributed by atoms with Crippen LogP contribution in [0.25, 0.3) is 0 Å². The maximum Gasteiger partial charge on any atom is 0.242 e. The van der Waals surface area contributed by atoms with E-state index in [9.17, 15) is 9.59 Å². The number of halogens is 1. The summed E-state index contributed by atoms with van der Waals surface area (Å²) >= 11 is 3.16. The number of likely N-dealkylation sites (tertiary alicyclic amines) is 1. The number of amides is 1. The molecule has 1 aromatic rings. The second-order valence-electron chi connectivity index (χ2n) is 4.86. The van der Waals surface area contributed by atoms with Gasteiger partial charge in [0.2, 0.25) is 11.3 Å². The number of aromatic nitrogens is 1. The first kappa shape index (κ1) is 14.1. The van der Waals surface area contributed by atoms with Gasteiger partial charge in [0.25, 0.3) is 0 Å². The quantitative estimate of drug-likeness (QED) is 0.896. The van der Waals surface area contributed by atoms with E-state index in [1.54, 1.807) is 10.8 Å². The molecule has 0 radical (unpaired) electrons. The molecule has 19 heavy (non-hydrogen) atoms. The monoisotopic (exact) mass is 327 g/mol. The van der Waals surface area contributed by atoms with Gasteiger partial charge in [-0.3, -0.25) is 9.59 Å². The van der Waals surface area contributed by atoms with Crippen molar-refractivity contribution < 1.29 is 4.79 Å². The highest BCUT2D eigenvalue weighted by atomic mass is 79.9. The molecule has 1 saturated heterocycles. The highest BCUT2D eigenvalue weighted by Crippen LogP contribution is 2.11. The fourth-order valence-corrected chi connectivity index (χ4v) is 2.78. The third-order valence-corrected chi connectivity index (χ3v) is 3.90. The Hall–Kier alpha value is -1.30. The summed E-state index contributed by atoms with van der Waals surface area (Å²) in [7, 11) is 0. The molecule has 2 heterocycles. The Balaban J connectivity index is 2.08. The number of nitrogens with zero attached hydrogens (tertiary/aromatic N) is 2. The zero-order chi connectivity index (χ0) is 13.8. The molecule has 0 unspecified atom stereocenters. The lowest BCUT2D eigenvalue weighted by Crippen LogP contribution is -2.34. The fourth-order valence-electron chi connectivity index (χ4n) is 2.28. The standard InChI is InChI=1S/C13H18BrN3O2/c14-10-7-16(8-11(15)13(10)19)9-12(18)17-5-3-1-2-4-6-17/h7-8H,1-6,9,15H2. The molecule has 2 rings (SSSR count). The van der Waals surface area contributed by atoms with Gasteiger partial charge < -0.3 is 15.2 Å². The van der Waals surface area contributed by atoms with E-state index in [1.165, 1.54) is 19.0 Å². The summed E-state index contributed by atoms with van der Waals surface area (Å²) in [4.78, 5) is 25.6. The largest absolute Gasteiger partial charge is 0.394 e. The summed E-state index contributed by atoms with van der Waals surface area (Å²) in [5, 5.41) is 0. The van der Waals surface area contributed by atoms with Crippen molar-refractivity contribution in [3.63, 3.8) is 0 Å². The number of carbonyl (C=O) groups is 1. The van der Waals surface area contributed by atoms with Gasteiger partial charge in [0, 0.05) is 25.5 Å². The average molecular weight is 328 g/mol. The second-order valence-corrected chi connectivity index (χ2v) is 5.71. The molecule has 0 atom stereocenters. The first-order chi connectivity index (χ1) is 9.08. The topological polar surface area (TPSA) is 68.3 Å². The normalized spacial score (nSPS) is 16.2. The summed E-state index contributed by atoms with van der Waals surface area (Å²) < 4.78 is 2.05. The molecule has 0 bridgehead atoms. The number of rotatable bonds is 2. The van der Waals surface area contributed by atoms with Crippen LogP contribution in [-0.2, 0) is 11.3 Å². The average Bonchev–Trinajstić information content (AvgIpc) is 2.64. The molecule has 104 valence electrons. The van der Waals surface area contributed by atoms with Crippen LogP contribution in [0.15, 0.2) is 21.7 Å². The Kier molecular flexibility index (Phi) is 4.63. The summed E-state index contributed by atoms with van der Waals surface area (Å²) in [5.41, 5.74) is 5.53. The van der Waals surface area contributed by atoms with E-state index < -0.39 is 0 Å². The van der Waals surface area contributed by atoms with Crippen LogP contribution in [0.2, 0.25) is 0 Å². The number of hydrogen-bond acceptors (Lipinski definition) is 3. The van der Waals surface area contributed by atoms with E-state index in [0.717, 1.165) is 25.9 Å². The summed E-state index contributed by atoms with van der Waals surface area (Å²) in [6, 6.07) is 0. The Bertz CT molecular complexity index is 493.